The van der Waals surface area contributed by atoms with Crippen LogP contribution in [0, 0.1) is 0 Å². The van der Waals surface area contributed by atoms with Gasteiger partial charge in [0.05, 0.1) is 13.2 Å². The maximum Gasteiger partial charge on any atom is 0.299 e. The summed E-state index contributed by atoms with van der Waals surface area (Å²) in [6.45, 7) is 3.06. The van der Waals surface area contributed by atoms with Crippen LogP contribution >= 0.6 is 15.9 Å². The quantitative estimate of drug-likeness (QED) is 0.799. The van der Waals surface area contributed by atoms with E-state index >= 15 is 0 Å². The second-order valence-electron chi connectivity index (χ2n) is 3.57. The zero-order valence-corrected chi connectivity index (χ0v) is 10.1. The Morgan fingerprint density at radius 1 is 1.31 bits per heavy atom. The Kier molecular flexibility index (Phi) is 2.53. The number of hydrogen-bond acceptors (Lipinski definition) is 5. The molecule has 0 atom stereocenters. The third-order valence-corrected chi connectivity index (χ3v) is 2.92. The van der Waals surface area contributed by atoms with Gasteiger partial charge in [-0.25, -0.2) is 4.98 Å². The highest BCUT2D eigenvalue weighted by Gasteiger charge is 2.17. The number of nitrogens with zero attached hydrogens (tertiary/aromatic N) is 3. The molecule has 0 bridgehead atoms. The summed E-state index contributed by atoms with van der Waals surface area (Å²) in [6.07, 6.45) is 1.70. The molecular formula is C10H10BrN3O2. The number of rotatable bonds is 1. The molecule has 0 aromatic carbocycles. The molecule has 2 aromatic heterocycles. The molecule has 3 rings (SSSR count). The summed E-state index contributed by atoms with van der Waals surface area (Å²) in [5.41, 5.74) is 1.35. The lowest BCUT2D eigenvalue weighted by atomic mass is 10.4. The first-order chi connectivity index (χ1) is 7.83. The first-order valence-corrected chi connectivity index (χ1v) is 5.87. The van der Waals surface area contributed by atoms with E-state index in [1.807, 2.05) is 6.07 Å². The van der Waals surface area contributed by atoms with Crippen molar-refractivity contribution in [3.8, 4) is 0 Å². The van der Waals surface area contributed by atoms with Crippen LogP contribution in [0.2, 0.25) is 0 Å². The van der Waals surface area contributed by atoms with Gasteiger partial charge in [0.25, 0.3) is 6.01 Å². The summed E-state index contributed by atoms with van der Waals surface area (Å²) < 4.78 is 11.8. The minimum atomic E-state index is 0.574. The lowest BCUT2D eigenvalue weighted by molar-refractivity contribution is 0.120. The Labute approximate surface area is 101 Å². The van der Waals surface area contributed by atoms with Crippen LogP contribution in [-0.4, -0.2) is 36.3 Å². The van der Waals surface area contributed by atoms with Gasteiger partial charge in [0.1, 0.15) is 5.52 Å². The predicted octanol–water partition coefficient (Wildman–Crippen LogP) is 1.82. The number of pyridine rings is 1. The number of anilines is 1. The van der Waals surface area contributed by atoms with Gasteiger partial charge in [-0.1, -0.05) is 0 Å². The first-order valence-electron chi connectivity index (χ1n) is 5.08. The second-order valence-corrected chi connectivity index (χ2v) is 4.49. The van der Waals surface area contributed by atoms with Crippen LogP contribution in [-0.2, 0) is 4.74 Å². The largest absolute Gasteiger partial charge is 0.404 e. The summed E-state index contributed by atoms with van der Waals surface area (Å²) in [5, 5.41) is 0. The van der Waals surface area contributed by atoms with E-state index in [0.717, 1.165) is 36.3 Å². The van der Waals surface area contributed by atoms with Crippen molar-refractivity contribution in [3.63, 3.8) is 0 Å². The number of aromatic nitrogens is 2. The van der Waals surface area contributed by atoms with Crippen molar-refractivity contribution in [1.29, 1.82) is 0 Å². The highest BCUT2D eigenvalue weighted by molar-refractivity contribution is 9.10. The third-order valence-electron chi connectivity index (χ3n) is 2.48. The number of hydrogen-bond donors (Lipinski definition) is 0. The van der Waals surface area contributed by atoms with E-state index in [0.29, 0.717) is 11.7 Å². The van der Waals surface area contributed by atoms with E-state index < -0.39 is 0 Å². The first kappa shape index (κ1) is 10.0. The highest BCUT2D eigenvalue weighted by Crippen LogP contribution is 2.23. The van der Waals surface area contributed by atoms with Gasteiger partial charge in [-0.2, -0.15) is 4.98 Å². The lowest BCUT2D eigenvalue weighted by Gasteiger charge is -2.24. The maximum absolute atomic E-state index is 5.59. The van der Waals surface area contributed by atoms with Crippen molar-refractivity contribution in [2.75, 3.05) is 31.2 Å². The SMILES string of the molecule is Brc1cnc2oc(N3CCOCC3)nc2c1. The number of morpholine rings is 1. The van der Waals surface area contributed by atoms with Crippen LogP contribution in [0.15, 0.2) is 21.2 Å². The van der Waals surface area contributed by atoms with E-state index in [1.54, 1.807) is 6.20 Å². The van der Waals surface area contributed by atoms with Gasteiger partial charge in [0.2, 0.25) is 5.71 Å². The highest BCUT2D eigenvalue weighted by atomic mass is 79.9. The minimum absolute atomic E-state index is 0.574. The molecule has 16 heavy (non-hydrogen) atoms. The summed E-state index contributed by atoms with van der Waals surface area (Å²) in [4.78, 5) is 10.6. The molecule has 0 amide bonds. The molecule has 5 nitrogen and oxygen atoms in total. The average molecular weight is 284 g/mol. The minimum Gasteiger partial charge on any atom is -0.404 e. The second kappa shape index (κ2) is 4.03. The fraction of sp³-hybridized carbons (Fsp3) is 0.400. The molecule has 0 saturated carbocycles. The van der Waals surface area contributed by atoms with Crippen molar-refractivity contribution in [3.05, 3.63) is 16.7 Å². The molecule has 1 aliphatic rings. The molecule has 0 spiro atoms. The van der Waals surface area contributed by atoms with Gasteiger partial charge < -0.3 is 14.1 Å². The zero-order valence-electron chi connectivity index (χ0n) is 8.52. The van der Waals surface area contributed by atoms with Crippen LogP contribution in [0.5, 0.6) is 0 Å². The summed E-state index contributed by atoms with van der Waals surface area (Å²) in [5.74, 6) is 0. The van der Waals surface area contributed by atoms with Crippen molar-refractivity contribution in [1.82, 2.24) is 9.97 Å². The van der Waals surface area contributed by atoms with Crippen molar-refractivity contribution < 1.29 is 9.15 Å². The number of ether oxygens (including phenoxy) is 1. The van der Waals surface area contributed by atoms with Gasteiger partial charge in [-0.05, 0) is 22.0 Å². The Morgan fingerprint density at radius 3 is 2.94 bits per heavy atom. The normalized spacial score (nSPS) is 16.9. The van der Waals surface area contributed by atoms with Crippen LogP contribution in [0.3, 0.4) is 0 Å². The number of oxazole rings is 1. The average Bonchev–Trinajstić information content (AvgIpc) is 2.73. The molecule has 0 unspecified atom stereocenters. The lowest BCUT2D eigenvalue weighted by Crippen LogP contribution is -2.36. The monoisotopic (exact) mass is 283 g/mol. The van der Waals surface area contributed by atoms with Gasteiger partial charge in [-0.15, -0.1) is 0 Å². The topological polar surface area (TPSA) is 51.4 Å². The van der Waals surface area contributed by atoms with E-state index in [-0.39, 0.29) is 0 Å². The molecule has 0 radical (unpaired) electrons. The smallest absolute Gasteiger partial charge is 0.299 e. The molecule has 3 heterocycles. The molecule has 1 saturated heterocycles. The van der Waals surface area contributed by atoms with Crippen LogP contribution in [0.25, 0.3) is 11.2 Å². The predicted molar refractivity (Wildman–Crippen MR) is 62.5 cm³/mol. The van der Waals surface area contributed by atoms with Crippen molar-refractivity contribution in [2.45, 2.75) is 0 Å². The Balaban J connectivity index is 1.97. The Hall–Kier alpha value is -1.14. The molecule has 2 aromatic rings. The van der Waals surface area contributed by atoms with Crippen molar-refractivity contribution in [2.24, 2.45) is 0 Å². The van der Waals surface area contributed by atoms with E-state index in [9.17, 15) is 0 Å². The Morgan fingerprint density at radius 2 is 2.12 bits per heavy atom. The summed E-state index contributed by atoms with van der Waals surface area (Å²) >= 11 is 3.36. The summed E-state index contributed by atoms with van der Waals surface area (Å²) in [6, 6.07) is 2.53. The van der Waals surface area contributed by atoms with Gasteiger partial charge in [0.15, 0.2) is 0 Å². The van der Waals surface area contributed by atoms with Gasteiger partial charge in [0, 0.05) is 23.8 Å². The fourth-order valence-electron chi connectivity index (χ4n) is 1.68. The number of halogens is 1. The fourth-order valence-corrected chi connectivity index (χ4v) is 2.00. The maximum atomic E-state index is 5.59. The molecule has 1 aliphatic heterocycles. The molecule has 0 aliphatic carbocycles. The van der Waals surface area contributed by atoms with Crippen molar-refractivity contribution >= 4 is 33.2 Å². The van der Waals surface area contributed by atoms with Crippen LogP contribution in [0.4, 0.5) is 6.01 Å². The molecule has 0 N–H and O–H groups in total. The molecular weight excluding hydrogens is 274 g/mol. The molecule has 84 valence electrons. The van der Waals surface area contributed by atoms with Gasteiger partial charge in [-0.3, -0.25) is 0 Å². The van der Waals surface area contributed by atoms with E-state index in [2.05, 4.69) is 30.8 Å². The summed E-state index contributed by atoms with van der Waals surface area (Å²) in [7, 11) is 0. The van der Waals surface area contributed by atoms with E-state index in [4.69, 9.17) is 9.15 Å². The third kappa shape index (κ3) is 1.78. The van der Waals surface area contributed by atoms with Crippen LogP contribution in [0.1, 0.15) is 0 Å². The number of fused-ring (bicyclic) bond motifs is 1. The van der Waals surface area contributed by atoms with Gasteiger partial charge >= 0.3 is 0 Å². The zero-order chi connectivity index (χ0) is 11.0. The standard InChI is InChI=1S/C10H10BrN3O2/c11-7-5-8-9(12-6-7)16-10(13-8)14-1-3-15-4-2-14/h5-6H,1-4H2. The Bertz CT molecular complexity index is 508. The molecule has 6 heteroatoms. The van der Waals surface area contributed by atoms with Crippen LogP contribution < -0.4 is 4.90 Å². The van der Waals surface area contributed by atoms with E-state index in [1.165, 1.54) is 0 Å². The molecule has 1 fully saturated rings.